The van der Waals surface area contributed by atoms with Crippen LogP contribution in [0.4, 0.5) is 0 Å². The molecule has 0 radical (unpaired) electrons. The van der Waals surface area contributed by atoms with E-state index in [1.807, 2.05) is 13.0 Å². The van der Waals surface area contributed by atoms with Gasteiger partial charge in [-0.25, -0.2) is 9.97 Å². The molecule has 6 nitrogen and oxygen atoms in total. The SMILES string of the molecule is C/C=C(\c1cncnc1)c1nnc(C(C)O)o1. The number of hydrogen-bond donors (Lipinski definition) is 1. The quantitative estimate of drug-likeness (QED) is 0.860. The van der Waals surface area contributed by atoms with Crippen molar-refractivity contribution in [1.82, 2.24) is 20.2 Å². The van der Waals surface area contributed by atoms with Crippen LogP contribution in [-0.4, -0.2) is 25.3 Å². The van der Waals surface area contributed by atoms with Gasteiger partial charge in [-0.15, -0.1) is 10.2 Å². The molecule has 6 heteroatoms. The van der Waals surface area contributed by atoms with Crippen LogP contribution in [0.5, 0.6) is 0 Å². The molecule has 2 aromatic rings. The fraction of sp³-hybridized carbons (Fsp3) is 0.273. The molecule has 0 fully saturated rings. The van der Waals surface area contributed by atoms with Crippen LogP contribution >= 0.6 is 0 Å². The van der Waals surface area contributed by atoms with E-state index in [2.05, 4.69) is 20.2 Å². The van der Waals surface area contributed by atoms with E-state index >= 15 is 0 Å². The van der Waals surface area contributed by atoms with Gasteiger partial charge in [0.2, 0.25) is 11.8 Å². The van der Waals surface area contributed by atoms with E-state index in [0.29, 0.717) is 5.89 Å². The lowest BCUT2D eigenvalue weighted by Crippen LogP contribution is -1.90. The molecule has 0 aliphatic carbocycles. The van der Waals surface area contributed by atoms with E-state index in [1.54, 1.807) is 19.3 Å². The summed E-state index contributed by atoms with van der Waals surface area (Å²) in [7, 11) is 0. The van der Waals surface area contributed by atoms with Gasteiger partial charge in [-0.05, 0) is 13.8 Å². The van der Waals surface area contributed by atoms with Gasteiger partial charge < -0.3 is 9.52 Å². The number of rotatable bonds is 3. The fourth-order valence-corrected chi connectivity index (χ4v) is 1.36. The number of aliphatic hydroxyl groups is 1. The normalized spacial score (nSPS) is 13.7. The van der Waals surface area contributed by atoms with Gasteiger partial charge in [0.25, 0.3) is 0 Å². The van der Waals surface area contributed by atoms with E-state index in [1.165, 1.54) is 6.33 Å². The zero-order valence-corrected chi connectivity index (χ0v) is 9.53. The van der Waals surface area contributed by atoms with Gasteiger partial charge >= 0.3 is 0 Å². The summed E-state index contributed by atoms with van der Waals surface area (Å²) in [6.45, 7) is 3.42. The van der Waals surface area contributed by atoms with Crippen LogP contribution in [-0.2, 0) is 0 Å². The standard InChI is InChI=1S/C11H12N4O2/c1-3-9(8-4-12-6-13-5-8)11-15-14-10(17-11)7(2)16/h3-7,16H,1-2H3/b9-3+. The highest BCUT2D eigenvalue weighted by molar-refractivity contribution is 5.73. The van der Waals surface area contributed by atoms with Crippen molar-refractivity contribution < 1.29 is 9.52 Å². The lowest BCUT2D eigenvalue weighted by Gasteiger charge is -2.00. The Morgan fingerprint density at radius 2 is 2.06 bits per heavy atom. The highest BCUT2D eigenvalue weighted by Crippen LogP contribution is 2.22. The maximum Gasteiger partial charge on any atom is 0.248 e. The maximum absolute atomic E-state index is 9.32. The molecule has 2 heterocycles. The Hall–Kier alpha value is -2.08. The largest absolute Gasteiger partial charge is 0.418 e. The van der Waals surface area contributed by atoms with Crippen LogP contribution in [0, 0.1) is 0 Å². The zero-order valence-electron chi connectivity index (χ0n) is 9.53. The molecule has 1 atom stereocenters. The minimum atomic E-state index is -0.777. The first-order chi connectivity index (χ1) is 8.22. The van der Waals surface area contributed by atoms with Gasteiger partial charge in [-0.1, -0.05) is 6.08 Å². The van der Waals surface area contributed by atoms with Crippen molar-refractivity contribution in [2.75, 3.05) is 0 Å². The third-order valence-corrected chi connectivity index (χ3v) is 2.19. The Balaban J connectivity index is 2.37. The summed E-state index contributed by atoms with van der Waals surface area (Å²) in [6, 6.07) is 0. The number of aromatic nitrogens is 4. The summed E-state index contributed by atoms with van der Waals surface area (Å²) in [4.78, 5) is 7.86. The fourth-order valence-electron chi connectivity index (χ4n) is 1.36. The second-order valence-corrected chi connectivity index (χ2v) is 3.45. The molecule has 1 N–H and O–H groups in total. The zero-order chi connectivity index (χ0) is 12.3. The van der Waals surface area contributed by atoms with Crippen molar-refractivity contribution in [2.45, 2.75) is 20.0 Å². The van der Waals surface area contributed by atoms with Crippen molar-refractivity contribution in [3.63, 3.8) is 0 Å². The van der Waals surface area contributed by atoms with Crippen LogP contribution in [0.25, 0.3) is 5.57 Å². The minimum Gasteiger partial charge on any atom is -0.418 e. The first-order valence-corrected chi connectivity index (χ1v) is 5.16. The summed E-state index contributed by atoms with van der Waals surface area (Å²) in [5.74, 6) is 0.536. The molecule has 0 bridgehead atoms. The first kappa shape index (κ1) is 11.4. The molecule has 88 valence electrons. The Morgan fingerprint density at radius 3 is 2.59 bits per heavy atom. The molecule has 0 spiro atoms. The van der Waals surface area contributed by atoms with Crippen molar-refractivity contribution in [3.05, 3.63) is 42.1 Å². The number of hydrogen-bond acceptors (Lipinski definition) is 6. The monoisotopic (exact) mass is 232 g/mol. The highest BCUT2D eigenvalue weighted by atomic mass is 16.4. The smallest absolute Gasteiger partial charge is 0.248 e. The van der Waals surface area contributed by atoms with E-state index < -0.39 is 6.10 Å². The molecule has 2 aromatic heterocycles. The Bertz CT molecular complexity index is 519. The molecule has 2 rings (SSSR count). The molecule has 0 aromatic carbocycles. The average Bonchev–Trinajstić information content (AvgIpc) is 2.81. The Labute approximate surface area is 98.1 Å². The van der Waals surface area contributed by atoms with Crippen molar-refractivity contribution in [3.8, 4) is 0 Å². The Kier molecular flexibility index (Phi) is 3.24. The van der Waals surface area contributed by atoms with Gasteiger partial charge in [-0.3, -0.25) is 0 Å². The van der Waals surface area contributed by atoms with Crippen LogP contribution in [0.15, 0.2) is 29.2 Å². The molecule has 0 amide bonds. The molecule has 0 saturated heterocycles. The van der Waals surface area contributed by atoms with Gasteiger partial charge in [-0.2, -0.15) is 0 Å². The van der Waals surface area contributed by atoms with Crippen molar-refractivity contribution in [2.24, 2.45) is 0 Å². The highest BCUT2D eigenvalue weighted by Gasteiger charge is 2.15. The third-order valence-electron chi connectivity index (χ3n) is 2.19. The van der Waals surface area contributed by atoms with Crippen LogP contribution in [0.1, 0.15) is 37.3 Å². The summed E-state index contributed by atoms with van der Waals surface area (Å²) in [5, 5.41) is 17.0. The summed E-state index contributed by atoms with van der Waals surface area (Å²) < 4.78 is 5.36. The summed E-state index contributed by atoms with van der Waals surface area (Å²) >= 11 is 0. The lowest BCUT2D eigenvalue weighted by atomic mass is 10.1. The number of aliphatic hydroxyl groups excluding tert-OH is 1. The predicted molar refractivity (Wildman–Crippen MR) is 59.7 cm³/mol. The van der Waals surface area contributed by atoms with Gasteiger partial charge in [0.15, 0.2) is 0 Å². The van der Waals surface area contributed by atoms with Crippen molar-refractivity contribution in [1.29, 1.82) is 0 Å². The first-order valence-electron chi connectivity index (χ1n) is 5.16. The van der Waals surface area contributed by atoms with E-state index in [4.69, 9.17) is 4.42 Å². The van der Waals surface area contributed by atoms with Gasteiger partial charge in [0.1, 0.15) is 12.4 Å². The van der Waals surface area contributed by atoms with Crippen LogP contribution in [0.3, 0.4) is 0 Å². The maximum atomic E-state index is 9.32. The summed E-state index contributed by atoms with van der Waals surface area (Å²) in [5.41, 5.74) is 1.53. The van der Waals surface area contributed by atoms with Crippen LogP contribution in [0.2, 0.25) is 0 Å². The minimum absolute atomic E-state index is 0.191. The molecular formula is C11H12N4O2. The predicted octanol–water partition coefficient (Wildman–Crippen LogP) is 1.36. The average molecular weight is 232 g/mol. The third kappa shape index (κ3) is 2.36. The topological polar surface area (TPSA) is 84.9 Å². The molecule has 0 saturated carbocycles. The second-order valence-electron chi connectivity index (χ2n) is 3.45. The lowest BCUT2D eigenvalue weighted by molar-refractivity contribution is 0.162. The van der Waals surface area contributed by atoms with E-state index in [0.717, 1.165) is 11.1 Å². The molecule has 0 aliphatic heterocycles. The number of nitrogens with zero attached hydrogens (tertiary/aromatic N) is 4. The van der Waals surface area contributed by atoms with E-state index in [9.17, 15) is 5.11 Å². The molecule has 17 heavy (non-hydrogen) atoms. The van der Waals surface area contributed by atoms with Crippen molar-refractivity contribution >= 4 is 5.57 Å². The van der Waals surface area contributed by atoms with Gasteiger partial charge in [0, 0.05) is 23.5 Å². The summed E-state index contributed by atoms with van der Waals surface area (Å²) in [6.07, 6.45) is 5.83. The molecule has 1 unspecified atom stereocenters. The van der Waals surface area contributed by atoms with Gasteiger partial charge in [0.05, 0.1) is 0 Å². The van der Waals surface area contributed by atoms with E-state index in [-0.39, 0.29) is 5.89 Å². The number of allylic oxidation sites excluding steroid dienone is 1. The Morgan fingerprint density at radius 1 is 1.35 bits per heavy atom. The molecule has 0 aliphatic rings. The molecular weight excluding hydrogens is 220 g/mol. The van der Waals surface area contributed by atoms with Crippen LogP contribution < -0.4 is 0 Å². The second kappa shape index (κ2) is 4.84.